The number of piperidine rings is 1. The molecule has 2 aliphatic heterocycles. The van der Waals surface area contributed by atoms with Crippen molar-refractivity contribution in [1.82, 2.24) is 9.88 Å². The van der Waals surface area contributed by atoms with Crippen molar-refractivity contribution in [3.63, 3.8) is 0 Å². The number of aromatic nitrogens is 1. The zero-order valence-corrected chi connectivity index (χ0v) is 12.3. The summed E-state index contributed by atoms with van der Waals surface area (Å²) in [4.78, 5) is 6.88. The predicted octanol–water partition coefficient (Wildman–Crippen LogP) is 1.73. The summed E-state index contributed by atoms with van der Waals surface area (Å²) in [5, 5.41) is 13.2. The summed E-state index contributed by atoms with van der Waals surface area (Å²) < 4.78 is 10.8. The Kier molecular flexibility index (Phi) is 4.90. The fourth-order valence-corrected chi connectivity index (χ4v) is 2.78. The predicted molar refractivity (Wildman–Crippen MR) is 79.3 cm³/mol. The maximum Gasteiger partial charge on any atom is 0.205 e. The molecule has 116 valence electrons. The van der Waals surface area contributed by atoms with Crippen LogP contribution in [0.3, 0.4) is 0 Å². The Morgan fingerprint density at radius 2 is 1.95 bits per heavy atom. The van der Waals surface area contributed by atoms with Gasteiger partial charge in [0.15, 0.2) is 0 Å². The van der Waals surface area contributed by atoms with Gasteiger partial charge in [0, 0.05) is 13.1 Å². The molecular formula is C15H23N3O3. The first-order chi connectivity index (χ1) is 10.3. The number of pyridine rings is 1. The number of aromatic hydroxyl groups is 1. The van der Waals surface area contributed by atoms with Gasteiger partial charge in [0.05, 0.1) is 13.2 Å². The maximum atomic E-state index is 9.87. The van der Waals surface area contributed by atoms with Gasteiger partial charge < -0.3 is 24.8 Å². The molecule has 3 heterocycles. The number of hydrogen-bond acceptors (Lipinski definition) is 6. The Morgan fingerprint density at radius 1 is 1.19 bits per heavy atom. The fraction of sp³-hybridized carbons (Fsp3) is 0.667. The lowest BCUT2D eigenvalue weighted by atomic mass is 10.1. The first-order valence-electron chi connectivity index (χ1n) is 7.72. The van der Waals surface area contributed by atoms with Gasteiger partial charge in [0.2, 0.25) is 6.29 Å². The van der Waals surface area contributed by atoms with Crippen LogP contribution in [0.2, 0.25) is 0 Å². The first kappa shape index (κ1) is 14.6. The molecule has 21 heavy (non-hydrogen) atoms. The van der Waals surface area contributed by atoms with E-state index >= 15 is 0 Å². The molecule has 0 bridgehead atoms. The third-order valence-corrected chi connectivity index (χ3v) is 3.93. The van der Waals surface area contributed by atoms with Crippen LogP contribution >= 0.6 is 0 Å². The average molecular weight is 293 g/mol. The van der Waals surface area contributed by atoms with Crippen molar-refractivity contribution in [3.05, 3.63) is 17.8 Å². The van der Waals surface area contributed by atoms with E-state index in [1.165, 1.54) is 32.4 Å². The quantitative estimate of drug-likeness (QED) is 0.862. The zero-order chi connectivity index (χ0) is 14.5. The van der Waals surface area contributed by atoms with Gasteiger partial charge in [0.1, 0.15) is 17.3 Å². The van der Waals surface area contributed by atoms with Crippen molar-refractivity contribution in [2.75, 3.05) is 44.7 Å². The van der Waals surface area contributed by atoms with Gasteiger partial charge in [-0.05, 0) is 38.1 Å². The fourth-order valence-electron chi connectivity index (χ4n) is 2.78. The Balaban J connectivity index is 1.54. The summed E-state index contributed by atoms with van der Waals surface area (Å²) in [6.07, 6.45) is 3.42. The number of ether oxygens (including phenoxy) is 2. The molecule has 0 radical (unpaired) electrons. The standard InChI is InChI=1S/C15H23N3O3/c19-12-4-5-13(17-14(12)15-20-10-11-21-15)16-6-9-18-7-2-1-3-8-18/h4-5,15,19H,1-3,6-11H2,(H,16,17). The third kappa shape index (κ3) is 3.84. The largest absolute Gasteiger partial charge is 0.506 e. The van der Waals surface area contributed by atoms with Gasteiger partial charge in [-0.3, -0.25) is 0 Å². The number of anilines is 1. The second kappa shape index (κ2) is 7.06. The Morgan fingerprint density at radius 3 is 2.71 bits per heavy atom. The van der Waals surface area contributed by atoms with E-state index in [2.05, 4.69) is 15.2 Å². The van der Waals surface area contributed by atoms with Gasteiger partial charge >= 0.3 is 0 Å². The molecule has 0 saturated carbocycles. The molecular weight excluding hydrogens is 270 g/mol. The first-order valence-corrected chi connectivity index (χ1v) is 7.72. The third-order valence-electron chi connectivity index (χ3n) is 3.93. The summed E-state index contributed by atoms with van der Waals surface area (Å²) in [5.74, 6) is 0.863. The second-order valence-electron chi connectivity index (χ2n) is 5.50. The molecule has 2 aliphatic rings. The molecule has 3 rings (SSSR count). The van der Waals surface area contributed by atoms with Gasteiger partial charge in [-0.25, -0.2) is 4.98 Å². The molecule has 2 saturated heterocycles. The van der Waals surface area contributed by atoms with E-state index < -0.39 is 6.29 Å². The van der Waals surface area contributed by atoms with Crippen LogP contribution in [-0.2, 0) is 9.47 Å². The monoisotopic (exact) mass is 293 g/mol. The molecule has 0 spiro atoms. The maximum absolute atomic E-state index is 9.87. The lowest BCUT2D eigenvalue weighted by molar-refractivity contribution is -0.0486. The van der Waals surface area contributed by atoms with E-state index in [0.29, 0.717) is 18.9 Å². The van der Waals surface area contributed by atoms with Crippen LogP contribution < -0.4 is 5.32 Å². The highest BCUT2D eigenvalue weighted by Gasteiger charge is 2.23. The van der Waals surface area contributed by atoms with E-state index in [0.717, 1.165) is 18.9 Å². The molecule has 1 aromatic heterocycles. The minimum atomic E-state index is -0.547. The number of likely N-dealkylation sites (tertiary alicyclic amines) is 1. The number of rotatable bonds is 5. The molecule has 0 amide bonds. The Hall–Kier alpha value is -1.37. The lowest BCUT2D eigenvalue weighted by Gasteiger charge is -2.26. The van der Waals surface area contributed by atoms with E-state index in [9.17, 15) is 5.11 Å². The molecule has 1 aromatic rings. The summed E-state index contributed by atoms with van der Waals surface area (Å²) in [6, 6.07) is 3.42. The molecule has 0 aliphatic carbocycles. The summed E-state index contributed by atoms with van der Waals surface area (Å²) in [7, 11) is 0. The zero-order valence-electron chi connectivity index (χ0n) is 12.3. The van der Waals surface area contributed by atoms with Crippen LogP contribution in [-0.4, -0.2) is 54.4 Å². The van der Waals surface area contributed by atoms with Crippen molar-refractivity contribution < 1.29 is 14.6 Å². The lowest BCUT2D eigenvalue weighted by Crippen LogP contribution is -2.33. The normalized spacial score (nSPS) is 20.8. The van der Waals surface area contributed by atoms with Crippen molar-refractivity contribution in [2.24, 2.45) is 0 Å². The Labute approximate surface area is 125 Å². The van der Waals surface area contributed by atoms with Crippen LogP contribution in [0.5, 0.6) is 5.75 Å². The summed E-state index contributed by atoms with van der Waals surface area (Å²) in [5.41, 5.74) is 0.454. The minimum absolute atomic E-state index is 0.114. The van der Waals surface area contributed by atoms with Crippen LogP contribution in [0.4, 0.5) is 5.82 Å². The van der Waals surface area contributed by atoms with Gasteiger partial charge in [-0.2, -0.15) is 0 Å². The van der Waals surface area contributed by atoms with Crippen LogP contribution in [0, 0.1) is 0 Å². The molecule has 6 nitrogen and oxygen atoms in total. The van der Waals surface area contributed by atoms with Crippen LogP contribution in [0.1, 0.15) is 31.2 Å². The minimum Gasteiger partial charge on any atom is -0.506 e. The Bertz CT molecular complexity index is 457. The number of nitrogens with one attached hydrogen (secondary N) is 1. The van der Waals surface area contributed by atoms with Crippen molar-refractivity contribution in [3.8, 4) is 5.75 Å². The molecule has 6 heteroatoms. The summed E-state index contributed by atoms with van der Waals surface area (Å²) >= 11 is 0. The molecule has 0 unspecified atom stereocenters. The highest BCUT2D eigenvalue weighted by atomic mass is 16.7. The number of hydrogen-bond donors (Lipinski definition) is 2. The molecule has 0 atom stereocenters. The smallest absolute Gasteiger partial charge is 0.205 e. The van der Waals surface area contributed by atoms with E-state index in [1.807, 2.05) is 0 Å². The van der Waals surface area contributed by atoms with Crippen LogP contribution in [0.25, 0.3) is 0 Å². The second-order valence-corrected chi connectivity index (χ2v) is 5.50. The van der Waals surface area contributed by atoms with Crippen LogP contribution in [0.15, 0.2) is 12.1 Å². The van der Waals surface area contributed by atoms with E-state index in [-0.39, 0.29) is 5.75 Å². The van der Waals surface area contributed by atoms with Gasteiger partial charge in [-0.1, -0.05) is 6.42 Å². The average Bonchev–Trinajstić information content (AvgIpc) is 3.04. The van der Waals surface area contributed by atoms with Crippen molar-refractivity contribution >= 4 is 5.82 Å². The van der Waals surface area contributed by atoms with Gasteiger partial charge in [0.25, 0.3) is 0 Å². The molecule has 2 fully saturated rings. The van der Waals surface area contributed by atoms with E-state index in [4.69, 9.17) is 9.47 Å². The van der Waals surface area contributed by atoms with Gasteiger partial charge in [-0.15, -0.1) is 0 Å². The van der Waals surface area contributed by atoms with E-state index in [1.54, 1.807) is 12.1 Å². The molecule has 0 aromatic carbocycles. The van der Waals surface area contributed by atoms with Crippen molar-refractivity contribution in [1.29, 1.82) is 0 Å². The number of nitrogens with zero attached hydrogens (tertiary/aromatic N) is 2. The highest BCUT2D eigenvalue weighted by molar-refractivity contribution is 5.41. The molecule has 2 N–H and O–H groups in total. The topological polar surface area (TPSA) is 66.9 Å². The highest BCUT2D eigenvalue weighted by Crippen LogP contribution is 2.29. The summed E-state index contributed by atoms with van der Waals surface area (Å²) in [6.45, 7) is 5.34. The van der Waals surface area contributed by atoms with Crippen molar-refractivity contribution in [2.45, 2.75) is 25.6 Å². The SMILES string of the molecule is Oc1ccc(NCCN2CCCCC2)nc1C1OCCO1.